The van der Waals surface area contributed by atoms with Gasteiger partial charge in [0, 0.05) is 31.9 Å². The predicted octanol–water partition coefficient (Wildman–Crippen LogP) is 2.66. The van der Waals surface area contributed by atoms with Gasteiger partial charge in [-0.25, -0.2) is 8.42 Å². The minimum atomic E-state index is -4.68. The van der Waals surface area contributed by atoms with E-state index in [-0.39, 0.29) is 43.8 Å². The molecule has 1 aromatic carbocycles. The van der Waals surface area contributed by atoms with Gasteiger partial charge < -0.3 is 15.0 Å². The van der Waals surface area contributed by atoms with Crippen LogP contribution in [0.15, 0.2) is 24.3 Å². The summed E-state index contributed by atoms with van der Waals surface area (Å²) < 4.78 is 106. The van der Waals surface area contributed by atoms with Crippen LogP contribution in [0.2, 0.25) is 0 Å². The fraction of sp³-hybridized carbons (Fsp3) is 0.471. The fourth-order valence-corrected chi connectivity index (χ4v) is 3.70. The van der Waals surface area contributed by atoms with Gasteiger partial charge in [0.1, 0.15) is 0 Å². The van der Waals surface area contributed by atoms with E-state index in [1.54, 1.807) is 0 Å². The number of rotatable bonds is 6. The predicted molar refractivity (Wildman–Crippen MR) is 105 cm³/mol. The SMILES string of the molecule is CS(=O)(=O)N1CCN(c2nc(Nc3cccc(C(F)(F)F)c3)nc(OCC(F)(F)F)n2)CC1. The molecule has 0 aliphatic carbocycles. The molecule has 0 unspecified atom stereocenters. The van der Waals surface area contributed by atoms with Crippen molar-refractivity contribution in [2.24, 2.45) is 0 Å². The van der Waals surface area contributed by atoms with Crippen molar-refractivity contribution in [1.29, 1.82) is 0 Å². The number of nitrogens with one attached hydrogen (secondary N) is 1. The maximum Gasteiger partial charge on any atom is 0.422 e. The molecule has 3 rings (SSSR count). The molecule has 1 aromatic heterocycles. The number of hydrogen-bond acceptors (Lipinski definition) is 8. The third-order valence-electron chi connectivity index (χ3n) is 4.40. The van der Waals surface area contributed by atoms with Crippen LogP contribution in [0.1, 0.15) is 5.56 Å². The van der Waals surface area contributed by atoms with Gasteiger partial charge in [-0.05, 0) is 18.2 Å². The number of sulfonamides is 1. The topological polar surface area (TPSA) is 101 Å². The second kappa shape index (κ2) is 9.17. The van der Waals surface area contributed by atoms with Crippen LogP contribution in [0.4, 0.5) is 43.9 Å². The molecule has 0 bridgehead atoms. The second-order valence-electron chi connectivity index (χ2n) is 7.00. The van der Waals surface area contributed by atoms with E-state index >= 15 is 0 Å². The van der Waals surface area contributed by atoms with Gasteiger partial charge in [0.2, 0.25) is 21.9 Å². The maximum atomic E-state index is 13.0. The fourth-order valence-electron chi connectivity index (χ4n) is 2.88. The standard InChI is InChI=1S/C17H18F6N6O3S/c1-33(30,31)29-7-5-28(6-8-29)14-25-13(26-15(27-14)32-10-16(18,19)20)24-12-4-2-3-11(9-12)17(21,22)23/h2-4,9H,5-8,10H2,1H3,(H,24,25,26,27). The molecule has 2 heterocycles. The zero-order valence-corrected chi connectivity index (χ0v) is 17.8. The smallest absolute Gasteiger partial charge is 0.422 e. The van der Waals surface area contributed by atoms with Gasteiger partial charge in [-0.2, -0.15) is 45.6 Å². The number of aromatic nitrogens is 3. The van der Waals surface area contributed by atoms with Crippen molar-refractivity contribution in [2.45, 2.75) is 12.4 Å². The van der Waals surface area contributed by atoms with Crippen molar-refractivity contribution < 1.29 is 39.5 Å². The molecule has 0 spiro atoms. The van der Waals surface area contributed by atoms with Crippen LogP contribution in [0.25, 0.3) is 0 Å². The van der Waals surface area contributed by atoms with Crippen LogP contribution in [-0.4, -0.2) is 72.9 Å². The minimum Gasteiger partial charge on any atom is -0.454 e. The van der Waals surface area contributed by atoms with Crippen LogP contribution < -0.4 is 15.0 Å². The summed E-state index contributed by atoms with van der Waals surface area (Å²) in [6.07, 6.45) is -8.24. The molecule has 9 nitrogen and oxygen atoms in total. The van der Waals surface area contributed by atoms with Crippen LogP contribution in [0.5, 0.6) is 6.01 Å². The molecular formula is C17H18F6N6O3S. The molecule has 0 amide bonds. The molecule has 0 atom stereocenters. The lowest BCUT2D eigenvalue weighted by molar-refractivity contribution is -0.154. The first kappa shape index (κ1) is 24.8. The first-order valence-electron chi connectivity index (χ1n) is 9.31. The van der Waals surface area contributed by atoms with E-state index < -0.39 is 40.6 Å². The van der Waals surface area contributed by atoms with E-state index in [9.17, 15) is 34.8 Å². The van der Waals surface area contributed by atoms with E-state index in [1.807, 2.05) is 0 Å². The first-order chi connectivity index (χ1) is 15.2. The van der Waals surface area contributed by atoms with Crippen LogP contribution in [0, 0.1) is 0 Å². The average Bonchev–Trinajstić information content (AvgIpc) is 2.71. The van der Waals surface area contributed by atoms with Gasteiger partial charge in [0.05, 0.1) is 11.8 Å². The third-order valence-corrected chi connectivity index (χ3v) is 5.71. The summed E-state index contributed by atoms with van der Waals surface area (Å²) >= 11 is 0. The zero-order valence-electron chi connectivity index (χ0n) is 17.0. The van der Waals surface area contributed by atoms with E-state index in [4.69, 9.17) is 0 Å². The molecule has 1 fully saturated rings. The van der Waals surface area contributed by atoms with Gasteiger partial charge >= 0.3 is 18.4 Å². The first-order valence-corrected chi connectivity index (χ1v) is 11.2. The lowest BCUT2D eigenvalue weighted by Crippen LogP contribution is -2.48. The molecule has 1 saturated heterocycles. The Morgan fingerprint density at radius 1 is 1.03 bits per heavy atom. The Morgan fingerprint density at radius 2 is 1.70 bits per heavy atom. The van der Waals surface area contributed by atoms with Crippen molar-refractivity contribution in [2.75, 3.05) is 49.3 Å². The summed E-state index contributed by atoms with van der Waals surface area (Å²) in [5.74, 6) is -0.466. The summed E-state index contributed by atoms with van der Waals surface area (Å²) in [5.41, 5.74) is -1.02. The van der Waals surface area contributed by atoms with E-state index in [1.165, 1.54) is 15.3 Å². The van der Waals surface area contributed by atoms with E-state index in [0.717, 1.165) is 24.5 Å². The number of nitrogens with zero attached hydrogens (tertiary/aromatic N) is 5. The largest absolute Gasteiger partial charge is 0.454 e. The molecule has 182 valence electrons. The number of benzene rings is 1. The van der Waals surface area contributed by atoms with Gasteiger partial charge in [0.15, 0.2) is 6.61 Å². The average molecular weight is 500 g/mol. The highest BCUT2D eigenvalue weighted by molar-refractivity contribution is 7.88. The Kier molecular flexibility index (Phi) is 6.88. The quantitative estimate of drug-likeness (QED) is 0.605. The lowest BCUT2D eigenvalue weighted by atomic mass is 10.2. The highest BCUT2D eigenvalue weighted by atomic mass is 32.2. The van der Waals surface area contributed by atoms with Gasteiger partial charge in [-0.15, -0.1) is 0 Å². The maximum absolute atomic E-state index is 13.0. The van der Waals surface area contributed by atoms with Crippen LogP contribution >= 0.6 is 0 Å². The zero-order chi connectivity index (χ0) is 24.4. The summed E-state index contributed by atoms with van der Waals surface area (Å²) in [4.78, 5) is 13.1. The monoisotopic (exact) mass is 500 g/mol. The Morgan fingerprint density at radius 3 is 2.27 bits per heavy atom. The molecule has 0 saturated carbocycles. The van der Waals surface area contributed by atoms with Gasteiger partial charge in [0.25, 0.3) is 0 Å². The molecule has 0 radical (unpaired) electrons. The van der Waals surface area contributed by atoms with Gasteiger partial charge in [-0.3, -0.25) is 0 Å². The Bertz CT molecular complexity index is 1090. The highest BCUT2D eigenvalue weighted by Crippen LogP contribution is 2.31. The number of piperazine rings is 1. The van der Waals surface area contributed by atoms with Crippen molar-refractivity contribution >= 4 is 27.6 Å². The number of hydrogen-bond donors (Lipinski definition) is 1. The van der Waals surface area contributed by atoms with Crippen molar-refractivity contribution in [3.05, 3.63) is 29.8 Å². The molecule has 33 heavy (non-hydrogen) atoms. The van der Waals surface area contributed by atoms with Crippen LogP contribution in [0.3, 0.4) is 0 Å². The number of halogens is 6. The number of ether oxygens (including phenoxy) is 1. The summed E-state index contributed by atoms with van der Waals surface area (Å²) in [7, 11) is -3.43. The van der Waals surface area contributed by atoms with Gasteiger partial charge in [-0.1, -0.05) is 6.07 Å². The number of alkyl halides is 6. The Hall–Kier alpha value is -2.88. The summed E-state index contributed by atoms with van der Waals surface area (Å²) in [6.45, 7) is -1.28. The molecule has 16 heteroatoms. The Balaban J connectivity index is 1.87. The normalized spacial score (nSPS) is 16.0. The molecule has 1 N–H and O–H groups in total. The summed E-state index contributed by atoms with van der Waals surface area (Å²) in [6, 6.07) is 3.36. The van der Waals surface area contributed by atoms with Crippen molar-refractivity contribution in [3.63, 3.8) is 0 Å². The van der Waals surface area contributed by atoms with Crippen molar-refractivity contribution in [1.82, 2.24) is 19.3 Å². The van der Waals surface area contributed by atoms with E-state index in [0.29, 0.717) is 0 Å². The highest BCUT2D eigenvalue weighted by Gasteiger charge is 2.31. The minimum absolute atomic E-state index is 0.0642. The van der Waals surface area contributed by atoms with Crippen LogP contribution in [-0.2, 0) is 16.2 Å². The van der Waals surface area contributed by atoms with E-state index in [2.05, 4.69) is 25.0 Å². The molecule has 1 aliphatic heterocycles. The second-order valence-corrected chi connectivity index (χ2v) is 8.98. The molecule has 1 aliphatic rings. The summed E-state index contributed by atoms with van der Waals surface area (Å²) in [5, 5.41) is 2.51. The molecule has 2 aromatic rings. The molecular weight excluding hydrogens is 482 g/mol. The van der Waals surface area contributed by atoms with Crippen molar-refractivity contribution in [3.8, 4) is 6.01 Å². The lowest BCUT2D eigenvalue weighted by Gasteiger charge is -2.33. The Labute approximate surface area is 184 Å². The third kappa shape index (κ3) is 7.05. The number of anilines is 3.